The number of ether oxygens (including phenoxy) is 1. The Kier molecular flexibility index (Phi) is 2.87. The normalized spacial score (nSPS) is 32.7. The van der Waals surface area contributed by atoms with Crippen LogP contribution in [0.2, 0.25) is 0 Å². The van der Waals surface area contributed by atoms with Gasteiger partial charge in [0.05, 0.1) is 6.54 Å². The third kappa shape index (κ3) is 2.05. The first kappa shape index (κ1) is 13.6. The van der Waals surface area contributed by atoms with Gasteiger partial charge in [0.2, 0.25) is 5.88 Å². The Bertz CT molecular complexity index is 733. The molecule has 0 unspecified atom stereocenters. The van der Waals surface area contributed by atoms with Crippen LogP contribution in [0, 0.1) is 5.92 Å². The molecule has 1 amide bonds. The zero-order valence-corrected chi connectivity index (χ0v) is 13.6. The quantitative estimate of drug-likeness (QED) is 0.846. The number of carbonyl (C=O) groups excluding carboxylic acids is 1. The van der Waals surface area contributed by atoms with Crippen molar-refractivity contribution in [3.05, 3.63) is 29.0 Å². The smallest absolute Gasteiger partial charge is 0.417 e. The fourth-order valence-corrected chi connectivity index (χ4v) is 4.86. The Morgan fingerprint density at radius 3 is 2.74 bits per heavy atom. The van der Waals surface area contributed by atoms with Gasteiger partial charge in [0.25, 0.3) is 0 Å². The van der Waals surface area contributed by atoms with Gasteiger partial charge >= 0.3 is 6.09 Å². The van der Waals surface area contributed by atoms with Gasteiger partial charge in [0.15, 0.2) is 0 Å². The van der Waals surface area contributed by atoms with E-state index in [1.807, 2.05) is 29.0 Å². The van der Waals surface area contributed by atoms with Crippen molar-refractivity contribution in [3.63, 3.8) is 0 Å². The van der Waals surface area contributed by atoms with Crippen LogP contribution in [0.4, 0.5) is 10.7 Å². The minimum Gasteiger partial charge on any atom is -0.440 e. The molecule has 4 fully saturated rings. The molecule has 0 radical (unpaired) electrons. The van der Waals surface area contributed by atoms with Crippen LogP contribution in [0.25, 0.3) is 11.3 Å². The number of hydrogen-bond donors (Lipinski definition) is 0. The lowest BCUT2D eigenvalue weighted by Gasteiger charge is -2.49. The summed E-state index contributed by atoms with van der Waals surface area (Å²) in [5, 5.41) is 4.06. The highest BCUT2D eigenvalue weighted by Crippen LogP contribution is 2.43. The number of rotatable bonds is 2. The zero-order valence-electron chi connectivity index (χ0n) is 12.7. The molecule has 4 aliphatic rings. The lowest BCUT2D eigenvalue weighted by atomic mass is 9.75. The maximum Gasteiger partial charge on any atom is 0.417 e. The Morgan fingerprint density at radius 2 is 2.04 bits per heavy atom. The van der Waals surface area contributed by atoms with E-state index in [0.717, 1.165) is 43.8 Å². The number of nitrogens with zero attached hydrogens (tertiary/aromatic N) is 2. The van der Waals surface area contributed by atoms with Gasteiger partial charge < -0.3 is 9.15 Å². The Labute approximate surface area is 138 Å². The number of hydrogen-bond acceptors (Lipinski definition) is 5. The summed E-state index contributed by atoms with van der Waals surface area (Å²) in [4.78, 5) is 16.5. The Hall–Kier alpha value is -1.79. The summed E-state index contributed by atoms with van der Waals surface area (Å²) in [5.41, 5.74) is 0.703. The monoisotopic (exact) mass is 330 g/mol. The topological polar surface area (TPSA) is 45.9 Å². The highest BCUT2D eigenvalue weighted by atomic mass is 32.1. The molecule has 1 spiro atoms. The molecule has 6 heteroatoms. The van der Waals surface area contributed by atoms with Crippen LogP contribution in [-0.2, 0) is 4.74 Å². The zero-order chi connectivity index (χ0) is 15.4. The predicted molar refractivity (Wildman–Crippen MR) is 87.7 cm³/mol. The molecular weight excluding hydrogens is 312 g/mol. The first-order valence-corrected chi connectivity index (χ1v) is 9.03. The van der Waals surface area contributed by atoms with Crippen LogP contribution >= 0.6 is 11.3 Å². The summed E-state index contributed by atoms with van der Waals surface area (Å²) in [6.07, 6.45) is 1.98. The van der Waals surface area contributed by atoms with Crippen molar-refractivity contribution in [1.82, 2.24) is 4.90 Å². The predicted octanol–water partition coefficient (Wildman–Crippen LogP) is 3.43. The molecule has 4 aliphatic heterocycles. The first-order chi connectivity index (χ1) is 11.2. The maximum absolute atomic E-state index is 12.4. The second-order valence-electron chi connectivity index (χ2n) is 6.72. The molecule has 1 atom stereocenters. The van der Waals surface area contributed by atoms with E-state index in [0.29, 0.717) is 18.3 Å². The lowest BCUT2D eigenvalue weighted by molar-refractivity contribution is -0.0881. The van der Waals surface area contributed by atoms with Crippen molar-refractivity contribution >= 4 is 23.3 Å². The Balaban J connectivity index is 1.43. The number of anilines is 1. The fourth-order valence-electron chi connectivity index (χ4n) is 4.21. The standard InChI is InChI=1S/C17H18N2O3S/c20-16-19(15-2-1-14(21-15)12-5-8-23-9-12)11-17(22-16)10-18-6-3-13(17)4-7-18/h1-2,5,8-9,13H,3-4,6-7,10-11H2/t17-/m0/s1. The maximum atomic E-state index is 12.4. The molecular formula is C17H18N2O3S. The molecule has 0 aromatic carbocycles. The highest BCUT2D eigenvalue weighted by Gasteiger charge is 2.56. The van der Waals surface area contributed by atoms with Crippen LogP contribution in [0.15, 0.2) is 33.4 Å². The summed E-state index contributed by atoms with van der Waals surface area (Å²) in [7, 11) is 0. The highest BCUT2D eigenvalue weighted by molar-refractivity contribution is 7.08. The van der Waals surface area contributed by atoms with Gasteiger partial charge in [-0.2, -0.15) is 11.3 Å². The number of carbonyl (C=O) groups is 1. The van der Waals surface area contributed by atoms with Crippen molar-refractivity contribution in [2.24, 2.45) is 5.92 Å². The van der Waals surface area contributed by atoms with Crippen molar-refractivity contribution in [3.8, 4) is 11.3 Å². The number of piperidine rings is 3. The molecule has 5 nitrogen and oxygen atoms in total. The van der Waals surface area contributed by atoms with E-state index in [-0.39, 0.29) is 11.7 Å². The van der Waals surface area contributed by atoms with Gasteiger partial charge in [-0.15, -0.1) is 0 Å². The second-order valence-corrected chi connectivity index (χ2v) is 7.50. The molecule has 0 aliphatic carbocycles. The summed E-state index contributed by atoms with van der Waals surface area (Å²) in [6.45, 7) is 3.72. The third-order valence-electron chi connectivity index (χ3n) is 5.42. The summed E-state index contributed by atoms with van der Waals surface area (Å²) < 4.78 is 11.8. The van der Waals surface area contributed by atoms with Gasteiger partial charge in [-0.1, -0.05) is 0 Å². The number of amides is 1. The second kappa shape index (κ2) is 4.85. The van der Waals surface area contributed by atoms with Gasteiger partial charge in [0.1, 0.15) is 11.4 Å². The molecule has 4 saturated heterocycles. The largest absolute Gasteiger partial charge is 0.440 e. The van der Waals surface area contributed by atoms with Crippen molar-refractivity contribution < 1.29 is 13.9 Å². The van der Waals surface area contributed by atoms with Crippen LogP contribution in [0.3, 0.4) is 0 Å². The fraction of sp³-hybridized carbons (Fsp3) is 0.471. The molecule has 2 bridgehead atoms. The lowest BCUT2D eigenvalue weighted by Crippen LogP contribution is -2.61. The Morgan fingerprint density at radius 1 is 1.17 bits per heavy atom. The average molecular weight is 330 g/mol. The van der Waals surface area contributed by atoms with Crippen LogP contribution in [0.5, 0.6) is 0 Å². The van der Waals surface area contributed by atoms with E-state index in [1.54, 1.807) is 16.2 Å². The van der Waals surface area contributed by atoms with E-state index in [2.05, 4.69) is 4.90 Å². The van der Waals surface area contributed by atoms with Gasteiger partial charge in [-0.05, 0) is 43.4 Å². The molecule has 23 heavy (non-hydrogen) atoms. The minimum atomic E-state index is -0.344. The van der Waals surface area contributed by atoms with Crippen LogP contribution in [-0.4, -0.2) is 42.8 Å². The average Bonchev–Trinajstić information content (AvgIpc) is 3.28. The van der Waals surface area contributed by atoms with Crippen molar-refractivity contribution in [2.45, 2.75) is 18.4 Å². The van der Waals surface area contributed by atoms with Crippen molar-refractivity contribution in [2.75, 3.05) is 31.1 Å². The molecule has 0 saturated carbocycles. The number of fused-ring (bicyclic) bond motifs is 2. The van der Waals surface area contributed by atoms with Gasteiger partial charge in [-0.3, -0.25) is 4.90 Å². The summed E-state index contributed by atoms with van der Waals surface area (Å²) in [5.74, 6) is 1.86. The molecule has 6 heterocycles. The number of furan rings is 1. The van der Waals surface area contributed by atoms with Crippen LogP contribution < -0.4 is 4.90 Å². The first-order valence-electron chi connectivity index (χ1n) is 8.09. The SMILES string of the molecule is O=C1O[C@@]2(CN3CCC2CC3)CN1c1ccc(-c2ccsc2)o1. The number of thiophene rings is 1. The van der Waals surface area contributed by atoms with E-state index >= 15 is 0 Å². The van der Waals surface area contributed by atoms with E-state index in [1.165, 1.54) is 0 Å². The summed E-state index contributed by atoms with van der Waals surface area (Å²) in [6, 6.07) is 5.81. The van der Waals surface area contributed by atoms with E-state index < -0.39 is 0 Å². The third-order valence-corrected chi connectivity index (χ3v) is 6.11. The van der Waals surface area contributed by atoms with E-state index in [4.69, 9.17) is 9.15 Å². The molecule has 2 aromatic heterocycles. The molecule has 2 aromatic rings. The van der Waals surface area contributed by atoms with Crippen molar-refractivity contribution in [1.29, 1.82) is 0 Å². The molecule has 6 rings (SSSR count). The van der Waals surface area contributed by atoms with Crippen LogP contribution in [0.1, 0.15) is 12.8 Å². The molecule has 0 N–H and O–H groups in total. The minimum absolute atomic E-state index is 0.273. The van der Waals surface area contributed by atoms with E-state index in [9.17, 15) is 4.79 Å². The van der Waals surface area contributed by atoms with Gasteiger partial charge in [-0.25, -0.2) is 9.69 Å². The van der Waals surface area contributed by atoms with Gasteiger partial charge in [0, 0.05) is 29.5 Å². The summed E-state index contributed by atoms with van der Waals surface area (Å²) >= 11 is 1.63. The molecule has 120 valence electrons.